The Labute approximate surface area is 190 Å². The summed E-state index contributed by atoms with van der Waals surface area (Å²) in [4.78, 5) is 13.1. The number of hydrogen-bond acceptors (Lipinski definition) is 3. The van der Waals surface area contributed by atoms with Crippen molar-refractivity contribution in [3.05, 3.63) is 65.5 Å². The Hall–Kier alpha value is -2.25. The molecule has 0 unspecified atom stereocenters. The molecule has 1 amide bonds. The lowest BCUT2D eigenvalue weighted by Crippen LogP contribution is -2.43. The van der Waals surface area contributed by atoms with Crippen LogP contribution in [0.25, 0.3) is 0 Å². The molecule has 4 rings (SSSR count). The van der Waals surface area contributed by atoms with Crippen LogP contribution in [0, 0.1) is 5.82 Å². The SMILES string of the molecule is O=C(C[C@@H]1c2ccccc2CCN1S(=O)(=O)c1ccc(F)cc1)NC1CCCCCCC1. The molecule has 2 aromatic rings. The molecule has 1 atom stereocenters. The van der Waals surface area contributed by atoms with Crippen LogP contribution >= 0.6 is 0 Å². The minimum absolute atomic E-state index is 0.0451. The van der Waals surface area contributed by atoms with Crippen LogP contribution in [0.4, 0.5) is 4.39 Å². The molecule has 0 spiro atoms. The van der Waals surface area contributed by atoms with Gasteiger partial charge in [-0.1, -0.05) is 56.4 Å². The number of benzene rings is 2. The van der Waals surface area contributed by atoms with Gasteiger partial charge in [0, 0.05) is 19.0 Å². The highest BCUT2D eigenvalue weighted by molar-refractivity contribution is 7.89. The molecule has 7 heteroatoms. The molecule has 1 aliphatic carbocycles. The Balaban J connectivity index is 1.58. The molecule has 0 bridgehead atoms. The van der Waals surface area contributed by atoms with E-state index >= 15 is 0 Å². The van der Waals surface area contributed by atoms with Crippen molar-refractivity contribution in [2.75, 3.05) is 6.54 Å². The molecule has 0 saturated heterocycles. The molecule has 0 aromatic heterocycles. The highest BCUT2D eigenvalue weighted by atomic mass is 32.2. The third kappa shape index (κ3) is 5.21. The summed E-state index contributed by atoms with van der Waals surface area (Å²) in [5.41, 5.74) is 1.94. The molecular formula is C25H31FN2O3S. The average molecular weight is 459 g/mol. The number of rotatable bonds is 5. The van der Waals surface area contributed by atoms with E-state index in [0.29, 0.717) is 6.42 Å². The van der Waals surface area contributed by atoms with Crippen molar-refractivity contribution in [3.63, 3.8) is 0 Å². The molecule has 1 heterocycles. The predicted molar refractivity (Wildman–Crippen MR) is 122 cm³/mol. The Morgan fingerprint density at radius 1 is 0.969 bits per heavy atom. The molecule has 32 heavy (non-hydrogen) atoms. The Morgan fingerprint density at radius 3 is 2.34 bits per heavy atom. The number of amides is 1. The van der Waals surface area contributed by atoms with Gasteiger partial charge >= 0.3 is 0 Å². The topological polar surface area (TPSA) is 66.5 Å². The van der Waals surface area contributed by atoms with E-state index in [4.69, 9.17) is 0 Å². The van der Waals surface area contributed by atoms with E-state index in [1.807, 2.05) is 24.3 Å². The summed E-state index contributed by atoms with van der Waals surface area (Å²) in [6.45, 7) is 0.290. The minimum Gasteiger partial charge on any atom is -0.353 e. The molecule has 1 fully saturated rings. The third-order valence-corrected chi connectivity index (χ3v) is 8.55. The fourth-order valence-electron chi connectivity index (χ4n) is 4.93. The summed E-state index contributed by atoms with van der Waals surface area (Å²) < 4.78 is 41.7. The molecule has 2 aromatic carbocycles. The number of carbonyl (C=O) groups excluding carboxylic acids is 1. The molecule has 5 nitrogen and oxygen atoms in total. The minimum atomic E-state index is -3.87. The second kappa shape index (κ2) is 10.1. The lowest BCUT2D eigenvalue weighted by Gasteiger charge is -2.36. The quantitative estimate of drug-likeness (QED) is 0.704. The van der Waals surface area contributed by atoms with Gasteiger partial charge in [0.05, 0.1) is 10.9 Å². The summed E-state index contributed by atoms with van der Waals surface area (Å²) in [5.74, 6) is -0.598. The fourth-order valence-corrected chi connectivity index (χ4v) is 6.54. The van der Waals surface area contributed by atoms with Gasteiger partial charge in [-0.25, -0.2) is 12.8 Å². The van der Waals surface area contributed by atoms with Gasteiger partial charge in [0.25, 0.3) is 0 Å². The second-order valence-electron chi connectivity index (χ2n) is 8.85. The smallest absolute Gasteiger partial charge is 0.243 e. The van der Waals surface area contributed by atoms with Crippen molar-refractivity contribution in [3.8, 4) is 0 Å². The zero-order valence-corrected chi connectivity index (χ0v) is 19.1. The van der Waals surface area contributed by atoms with Gasteiger partial charge in [-0.15, -0.1) is 0 Å². The first-order chi connectivity index (χ1) is 15.4. The van der Waals surface area contributed by atoms with Gasteiger partial charge in [-0.05, 0) is 54.7 Å². The van der Waals surface area contributed by atoms with Crippen LogP contribution < -0.4 is 5.32 Å². The Bertz CT molecular complexity index is 1030. The highest BCUT2D eigenvalue weighted by Crippen LogP contribution is 2.36. The number of nitrogens with one attached hydrogen (secondary N) is 1. The van der Waals surface area contributed by atoms with Gasteiger partial charge in [-0.2, -0.15) is 4.31 Å². The van der Waals surface area contributed by atoms with E-state index in [0.717, 1.165) is 48.9 Å². The maximum atomic E-state index is 13.4. The van der Waals surface area contributed by atoms with E-state index < -0.39 is 21.9 Å². The first-order valence-corrected chi connectivity index (χ1v) is 13.0. The maximum absolute atomic E-state index is 13.4. The predicted octanol–water partition coefficient (Wildman–Crippen LogP) is 4.73. The number of hydrogen-bond donors (Lipinski definition) is 1. The van der Waals surface area contributed by atoms with Crippen LogP contribution in [-0.2, 0) is 21.2 Å². The van der Waals surface area contributed by atoms with E-state index in [9.17, 15) is 17.6 Å². The Morgan fingerprint density at radius 2 is 1.62 bits per heavy atom. The fraction of sp³-hybridized carbons (Fsp3) is 0.480. The molecule has 1 saturated carbocycles. The van der Waals surface area contributed by atoms with Crippen molar-refractivity contribution in [2.45, 2.75) is 74.8 Å². The zero-order chi connectivity index (χ0) is 22.6. The van der Waals surface area contributed by atoms with E-state index in [1.165, 1.54) is 35.7 Å². The van der Waals surface area contributed by atoms with E-state index in [1.54, 1.807) is 0 Å². The maximum Gasteiger partial charge on any atom is 0.243 e. The van der Waals surface area contributed by atoms with Gasteiger partial charge in [-0.3, -0.25) is 4.79 Å². The van der Waals surface area contributed by atoms with Gasteiger partial charge in [0.15, 0.2) is 0 Å². The summed E-state index contributed by atoms with van der Waals surface area (Å²) in [7, 11) is -3.87. The first kappa shape index (κ1) is 22.9. The van der Waals surface area contributed by atoms with Crippen molar-refractivity contribution in [2.24, 2.45) is 0 Å². The zero-order valence-electron chi connectivity index (χ0n) is 18.3. The lowest BCUT2D eigenvalue weighted by molar-refractivity contribution is -0.122. The lowest BCUT2D eigenvalue weighted by atomic mass is 9.92. The van der Waals surface area contributed by atoms with Crippen LogP contribution in [0.3, 0.4) is 0 Å². The van der Waals surface area contributed by atoms with Gasteiger partial charge in [0.1, 0.15) is 5.82 Å². The largest absolute Gasteiger partial charge is 0.353 e. The molecule has 1 N–H and O–H groups in total. The third-order valence-electron chi connectivity index (χ3n) is 6.63. The number of halogens is 1. The number of sulfonamides is 1. The van der Waals surface area contributed by atoms with Crippen molar-refractivity contribution in [1.29, 1.82) is 0 Å². The monoisotopic (exact) mass is 458 g/mol. The van der Waals surface area contributed by atoms with Crippen LogP contribution in [0.15, 0.2) is 53.4 Å². The molecule has 0 radical (unpaired) electrons. The molecule has 172 valence electrons. The van der Waals surface area contributed by atoms with Crippen molar-refractivity contribution in [1.82, 2.24) is 9.62 Å². The number of nitrogens with zero attached hydrogens (tertiary/aromatic N) is 1. The molecule has 2 aliphatic rings. The standard InChI is InChI=1S/C25H31FN2O3S/c26-20-12-14-22(15-13-20)32(30,31)28-17-16-19-8-6-7-11-23(19)24(28)18-25(29)27-21-9-4-2-1-3-5-10-21/h6-8,11-15,21,24H,1-5,9-10,16-18H2,(H,27,29)/t24-/m1/s1. The first-order valence-electron chi connectivity index (χ1n) is 11.6. The normalized spacial score (nSPS) is 20.7. The number of fused-ring (bicyclic) bond motifs is 1. The summed E-state index contributed by atoms with van der Waals surface area (Å²) in [5, 5.41) is 3.17. The average Bonchev–Trinajstić information content (AvgIpc) is 2.76. The van der Waals surface area contributed by atoms with E-state index in [-0.39, 0.29) is 29.8 Å². The summed E-state index contributed by atoms with van der Waals surface area (Å²) in [6.07, 6.45) is 8.50. The van der Waals surface area contributed by atoms with Crippen molar-refractivity contribution < 1.29 is 17.6 Å². The van der Waals surface area contributed by atoms with Gasteiger partial charge < -0.3 is 5.32 Å². The molecular weight excluding hydrogens is 427 g/mol. The van der Waals surface area contributed by atoms with Crippen LogP contribution in [0.1, 0.15) is 68.5 Å². The van der Waals surface area contributed by atoms with Gasteiger partial charge in [0.2, 0.25) is 15.9 Å². The van der Waals surface area contributed by atoms with E-state index in [2.05, 4.69) is 5.32 Å². The van der Waals surface area contributed by atoms with Crippen LogP contribution in [0.5, 0.6) is 0 Å². The highest BCUT2D eigenvalue weighted by Gasteiger charge is 2.37. The molecule has 1 aliphatic heterocycles. The second-order valence-corrected chi connectivity index (χ2v) is 10.7. The van der Waals surface area contributed by atoms with Crippen molar-refractivity contribution >= 4 is 15.9 Å². The summed E-state index contributed by atoms with van der Waals surface area (Å²) in [6, 6.07) is 12.2. The van der Waals surface area contributed by atoms with Crippen LogP contribution in [-0.4, -0.2) is 31.2 Å². The van der Waals surface area contributed by atoms with Crippen LogP contribution in [0.2, 0.25) is 0 Å². The Kier molecular flexibility index (Phi) is 7.26. The summed E-state index contributed by atoms with van der Waals surface area (Å²) >= 11 is 0. The number of carbonyl (C=O) groups is 1.